The summed E-state index contributed by atoms with van der Waals surface area (Å²) >= 11 is 1.32. The Hall–Kier alpha value is -3.30. The summed E-state index contributed by atoms with van der Waals surface area (Å²) in [6.07, 6.45) is 4.01. The maximum Gasteiger partial charge on any atom is 0.152 e. The minimum atomic E-state index is -0.736. The summed E-state index contributed by atoms with van der Waals surface area (Å²) < 4.78 is 0. The van der Waals surface area contributed by atoms with Gasteiger partial charge in [0, 0.05) is 35.1 Å². The van der Waals surface area contributed by atoms with E-state index in [2.05, 4.69) is 76.5 Å². The average molecular weight is 531 g/mol. The van der Waals surface area contributed by atoms with E-state index in [0.717, 1.165) is 43.7 Å². The number of aromatic nitrogens is 1. The van der Waals surface area contributed by atoms with Crippen LogP contribution >= 0.6 is 11.8 Å². The molecule has 1 unspecified atom stereocenters. The molecule has 4 aromatic rings. The second-order valence-electron chi connectivity index (χ2n) is 9.72. The third kappa shape index (κ3) is 5.89. The van der Waals surface area contributed by atoms with Gasteiger partial charge < -0.3 is 35.9 Å². The molecule has 0 radical (unpaired) electrons. The third-order valence-corrected chi connectivity index (χ3v) is 8.17. The SMILES string of the molecule is Cc1cccc2c(CCNCc3cccc(CCNC[C@H](O)c4ccc(O)c5c4SC(C=O)N5)c3)c[nH]c12. The Morgan fingerprint density at radius 1 is 1.05 bits per heavy atom. The van der Waals surface area contributed by atoms with Crippen molar-refractivity contribution in [1.29, 1.82) is 0 Å². The highest BCUT2D eigenvalue weighted by molar-refractivity contribution is 8.01. The Morgan fingerprint density at radius 3 is 2.74 bits per heavy atom. The van der Waals surface area contributed by atoms with Crippen LogP contribution in [0.15, 0.2) is 65.7 Å². The van der Waals surface area contributed by atoms with Gasteiger partial charge in [-0.3, -0.25) is 0 Å². The number of nitrogens with one attached hydrogen (secondary N) is 4. The second-order valence-corrected chi connectivity index (χ2v) is 10.9. The Balaban J connectivity index is 1.06. The summed E-state index contributed by atoms with van der Waals surface area (Å²) in [5.41, 5.74) is 7.58. The van der Waals surface area contributed by atoms with E-state index in [1.165, 1.54) is 44.9 Å². The van der Waals surface area contributed by atoms with E-state index < -0.39 is 11.5 Å². The molecule has 1 aliphatic rings. The van der Waals surface area contributed by atoms with Gasteiger partial charge in [-0.2, -0.15) is 0 Å². The number of anilines is 1. The lowest BCUT2D eigenvalue weighted by molar-refractivity contribution is -0.107. The molecule has 0 bridgehead atoms. The first-order chi connectivity index (χ1) is 18.5. The van der Waals surface area contributed by atoms with Crippen LogP contribution in [0.2, 0.25) is 0 Å². The molecule has 38 heavy (non-hydrogen) atoms. The molecule has 0 saturated carbocycles. The topological polar surface area (TPSA) is 109 Å². The summed E-state index contributed by atoms with van der Waals surface area (Å²) in [5.74, 6) is 0.0863. The lowest BCUT2D eigenvalue weighted by Gasteiger charge is -2.16. The minimum absolute atomic E-state index is 0.0863. The van der Waals surface area contributed by atoms with Gasteiger partial charge in [0.1, 0.15) is 11.1 Å². The summed E-state index contributed by atoms with van der Waals surface area (Å²) in [5, 5.41) is 31.6. The van der Waals surface area contributed by atoms with Gasteiger partial charge in [0.2, 0.25) is 0 Å². The van der Waals surface area contributed by atoms with Crippen molar-refractivity contribution in [3.8, 4) is 5.75 Å². The number of phenols is 1. The number of aliphatic hydroxyl groups excluding tert-OH is 1. The van der Waals surface area contributed by atoms with Gasteiger partial charge in [0.05, 0.1) is 11.8 Å². The molecule has 2 atom stereocenters. The summed E-state index contributed by atoms with van der Waals surface area (Å²) in [6.45, 7) is 4.98. The molecular formula is C30H34N4O3S. The molecule has 6 N–H and O–H groups in total. The quantitative estimate of drug-likeness (QED) is 0.0914. The Bertz CT molecular complexity index is 1420. The second kappa shape index (κ2) is 12.0. The predicted octanol–water partition coefficient (Wildman–Crippen LogP) is 4.42. The van der Waals surface area contributed by atoms with Crippen molar-refractivity contribution in [3.63, 3.8) is 0 Å². The molecule has 0 saturated heterocycles. The maximum atomic E-state index is 11.2. The van der Waals surface area contributed by atoms with Crippen molar-refractivity contribution in [2.75, 3.05) is 25.0 Å². The molecule has 2 heterocycles. The first-order valence-electron chi connectivity index (χ1n) is 13.0. The third-order valence-electron chi connectivity index (χ3n) is 7.01. The fourth-order valence-corrected chi connectivity index (χ4v) is 6.09. The van der Waals surface area contributed by atoms with Gasteiger partial charge in [-0.15, -0.1) is 0 Å². The molecule has 0 spiro atoms. The fourth-order valence-electron chi connectivity index (χ4n) is 4.98. The first kappa shape index (κ1) is 26.3. The normalized spacial score (nSPS) is 15.4. The van der Waals surface area contributed by atoms with Crippen molar-refractivity contribution < 1.29 is 15.0 Å². The molecule has 198 valence electrons. The standard InChI is InChI=1S/C30H34N4O3S/c1-19-4-2-7-23-22(16-33-28(19)23)11-13-31-15-21-6-3-5-20(14-21)10-12-32-17-26(37)24-8-9-25(36)29-30(24)38-27(18-35)34-29/h2-9,14,16,18,26-27,31-34,36-37H,10-13,15,17H2,1H3/t26-,27?/m0/s1. The number of aromatic hydroxyl groups is 1. The summed E-state index contributed by atoms with van der Waals surface area (Å²) in [6, 6.07) is 18.3. The number of aliphatic hydroxyl groups is 1. The van der Waals surface area contributed by atoms with Gasteiger partial charge in [-0.1, -0.05) is 60.3 Å². The molecule has 3 aromatic carbocycles. The van der Waals surface area contributed by atoms with E-state index in [9.17, 15) is 15.0 Å². The van der Waals surface area contributed by atoms with Crippen LogP contribution in [-0.4, -0.2) is 46.5 Å². The zero-order valence-corrected chi connectivity index (χ0v) is 22.3. The number of aldehydes is 1. The van der Waals surface area contributed by atoms with Gasteiger partial charge in [0.25, 0.3) is 0 Å². The molecule has 7 nitrogen and oxygen atoms in total. The van der Waals surface area contributed by atoms with E-state index >= 15 is 0 Å². The summed E-state index contributed by atoms with van der Waals surface area (Å²) in [7, 11) is 0. The van der Waals surface area contributed by atoms with Crippen molar-refractivity contribution >= 4 is 34.6 Å². The van der Waals surface area contributed by atoms with Gasteiger partial charge in [0.15, 0.2) is 6.29 Å². The van der Waals surface area contributed by atoms with Crippen LogP contribution in [-0.2, 0) is 24.2 Å². The van der Waals surface area contributed by atoms with Crippen LogP contribution in [0.25, 0.3) is 10.9 Å². The Morgan fingerprint density at radius 2 is 1.87 bits per heavy atom. The van der Waals surface area contributed by atoms with E-state index in [-0.39, 0.29) is 5.75 Å². The number of rotatable bonds is 12. The molecule has 1 aromatic heterocycles. The van der Waals surface area contributed by atoms with Gasteiger partial charge in [-0.05, 0) is 66.7 Å². The Labute approximate surface area is 227 Å². The lowest BCUT2D eigenvalue weighted by Crippen LogP contribution is -2.24. The molecule has 5 rings (SSSR count). The number of para-hydroxylation sites is 1. The van der Waals surface area contributed by atoms with Crippen LogP contribution < -0.4 is 16.0 Å². The van der Waals surface area contributed by atoms with Gasteiger partial charge >= 0.3 is 0 Å². The maximum absolute atomic E-state index is 11.2. The first-order valence-corrected chi connectivity index (χ1v) is 13.9. The number of carbonyl (C=O) groups is 1. The number of H-pyrrole nitrogens is 1. The zero-order chi connectivity index (χ0) is 26.5. The average Bonchev–Trinajstić information content (AvgIpc) is 3.55. The largest absolute Gasteiger partial charge is 0.506 e. The van der Waals surface area contributed by atoms with Crippen molar-refractivity contribution in [2.24, 2.45) is 0 Å². The van der Waals surface area contributed by atoms with E-state index in [0.29, 0.717) is 17.8 Å². The minimum Gasteiger partial charge on any atom is -0.506 e. The number of fused-ring (bicyclic) bond motifs is 2. The summed E-state index contributed by atoms with van der Waals surface area (Å²) in [4.78, 5) is 15.3. The number of hydrogen-bond donors (Lipinski definition) is 6. The van der Waals surface area contributed by atoms with E-state index in [4.69, 9.17) is 0 Å². The van der Waals surface area contributed by atoms with Crippen molar-refractivity contribution in [1.82, 2.24) is 15.6 Å². The van der Waals surface area contributed by atoms with Crippen LogP contribution in [0.1, 0.15) is 33.9 Å². The number of hydrogen-bond acceptors (Lipinski definition) is 7. The van der Waals surface area contributed by atoms with E-state index in [1.807, 2.05) is 0 Å². The van der Waals surface area contributed by atoms with Gasteiger partial charge in [-0.25, -0.2) is 0 Å². The molecule has 1 aliphatic heterocycles. The molecule has 0 amide bonds. The highest BCUT2D eigenvalue weighted by Crippen LogP contribution is 2.46. The number of thioether (sulfide) groups is 1. The fraction of sp³-hybridized carbons (Fsp3) is 0.300. The van der Waals surface area contributed by atoms with Crippen molar-refractivity contribution in [2.45, 2.75) is 42.7 Å². The number of carbonyl (C=O) groups excluding carboxylic acids is 1. The molecule has 8 heteroatoms. The smallest absolute Gasteiger partial charge is 0.152 e. The highest BCUT2D eigenvalue weighted by atomic mass is 32.2. The number of aromatic amines is 1. The van der Waals surface area contributed by atoms with Crippen LogP contribution in [0.4, 0.5) is 5.69 Å². The zero-order valence-electron chi connectivity index (χ0n) is 21.5. The van der Waals surface area contributed by atoms with Crippen LogP contribution in [0, 0.1) is 6.92 Å². The lowest BCUT2D eigenvalue weighted by atomic mass is 10.1. The van der Waals surface area contributed by atoms with E-state index in [1.54, 1.807) is 12.1 Å². The van der Waals surface area contributed by atoms with Crippen LogP contribution in [0.3, 0.4) is 0 Å². The predicted molar refractivity (Wildman–Crippen MR) is 154 cm³/mol. The Kier molecular flexibility index (Phi) is 8.34. The number of phenolic OH excluding ortho intramolecular Hbond substituents is 1. The monoisotopic (exact) mass is 530 g/mol. The van der Waals surface area contributed by atoms with Crippen LogP contribution in [0.5, 0.6) is 5.75 Å². The number of benzene rings is 3. The molecule has 0 fully saturated rings. The number of aryl methyl sites for hydroxylation is 1. The molecule has 0 aliphatic carbocycles. The van der Waals surface area contributed by atoms with Crippen molar-refractivity contribution in [3.05, 3.63) is 88.6 Å². The highest BCUT2D eigenvalue weighted by Gasteiger charge is 2.28. The molecular weight excluding hydrogens is 496 g/mol.